The summed E-state index contributed by atoms with van der Waals surface area (Å²) in [5.41, 5.74) is -0.0641. The molecule has 0 spiro atoms. The second-order valence-electron chi connectivity index (χ2n) is 24.5. The van der Waals surface area contributed by atoms with Gasteiger partial charge in [0.25, 0.3) is 0 Å². The lowest BCUT2D eigenvalue weighted by molar-refractivity contribution is -0.397. The van der Waals surface area contributed by atoms with E-state index < -0.39 is 172 Å². The third-order valence-electron chi connectivity index (χ3n) is 19.8. The number of rotatable bonds is 16. The maximum atomic E-state index is 12.3. The van der Waals surface area contributed by atoms with Gasteiger partial charge < -0.3 is 119 Å². The number of carbonyl (C=O) groups is 1. The van der Waals surface area contributed by atoms with E-state index in [1.54, 1.807) is 0 Å². The van der Waals surface area contributed by atoms with Gasteiger partial charge in [-0.25, -0.2) is 0 Å². The van der Waals surface area contributed by atoms with Crippen molar-refractivity contribution in [3.8, 4) is 0 Å². The first-order valence-corrected chi connectivity index (χ1v) is 27.9. The minimum atomic E-state index is -1.96. The summed E-state index contributed by atoms with van der Waals surface area (Å²) in [5, 5.41) is 152. The summed E-state index contributed by atoms with van der Waals surface area (Å²) in [6.07, 6.45) is -27.9. The van der Waals surface area contributed by atoms with E-state index in [4.69, 9.17) is 47.4 Å². The van der Waals surface area contributed by atoms with E-state index in [0.717, 1.165) is 25.3 Å². The third kappa shape index (κ3) is 11.0. The predicted molar refractivity (Wildman–Crippen MR) is 261 cm³/mol. The van der Waals surface area contributed by atoms with Crippen LogP contribution in [-0.2, 0) is 52.2 Å². The molecule has 25 nitrogen and oxygen atoms in total. The number of ether oxygens (including phenoxy) is 10. The van der Waals surface area contributed by atoms with E-state index >= 15 is 0 Å². The average molecular weight is 1120 g/mol. The highest BCUT2D eigenvalue weighted by atomic mass is 16.8. The lowest BCUT2D eigenvalue weighted by atomic mass is 9.46. The van der Waals surface area contributed by atoms with Gasteiger partial charge in [-0.3, -0.25) is 4.79 Å². The smallest absolute Gasteiger partial charge is 0.302 e. The monoisotopic (exact) mass is 1120 g/mol. The van der Waals surface area contributed by atoms with Crippen molar-refractivity contribution in [2.45, 2.75) is 240 Å². The number of hydrogen-bond acceptors (Lipinski definition) is 25. The van der Waals surface area contributed by atoms with Crippen LogP contribution in [0.4, 0.5) is 0 Å². The van der Waals surface area contributed by atoms with E-state index in [1.165, 1.54) is 6.92 Å². The molecular formula is C53H86O25. The first-order chi connectivity index (χ1) is 36.8. The van der Waals surface area contributed by atoms with Crippen molar-refractivity contribution in [3.05, 3.63) is 11.6 Å². The zero-order chi connectivity index (χ0) is 56.7. The van der Waals surface area contributed by atoms with Crippen molar-refractivity contribution >= 4 is 5.97 Å². The van der Waals surface area contributed by atoms with Crippen LogP contribution < -0.4 is 0 Å². The Labute approximate surface area is 452 Å². The Morgan fingerprint density at radius 1 is 0.705 bits per heavy atom. The van der Waals surface area contributed by atoms with Gasteiger partial charge in [-0.15, -0.1) is 0 Å². The SMILES string of the molecule is CC(=O)OCC1OC(OC2CC(O)CC3=CCC4C5CC6OC(O)(CCC(C)COC7OC(CO)C(O)C(O)C7O)C(C)C6C5(C)CCC4C32C)C(OC2OC(C)C(O)C(O)C2O)C(OC2OC(CO)C(O)C(O)C2O)C1O. The number of allylic oxidation sites excluding steroid dienone is 1. The lowest BCUT2D eigenvalue weighted by Crippen LogP contribution is -2.68. The Morgan fingerprint density at radius 2 is 1.29 bits per heavy atom. The maximum Gasteiger partial charge on any atom is 0.302 e. The average Bonchev–Trinajstić information content (AvgIpc) is 3.84. The minimum absolute atomic E-state index is 0.00185. The van der Waals surface area contributed by atoms with Gasteiger partial charge in [-0.1, -0.05) is 39.3 Å². The molecule has 0 aromatic carbocycles. The highest BCUT2D eigenvalue weighted by Crippen LogP contribution is 2.70. The molecule has 9 aliphatic rings. The number of aliphatic hydroxyl groups is 14. The van der Waals surface area contributed by atoms with Crippen LogP contribution in [0.15, 0.2) is 11.6 Å². The van der Waals surface area contributed by atoms with Crippen LogP contribution in [0.1, 0.15) is 92.9 Å². The summed E-state index contributed by atoms with van der Waals surface area (Å²) in [6.45, 7) is 9.09. The van der Waals surface area contributed by atoms with E-state index in [0.29, 0.717) is 32.1 Å². The Balaban J connectivity index is 0.951. The van der Waals surface area contributed by atoms with E-state index in [-0.39, 0.29) is 60.1 Å². The fourth-order valence-electron chi connectivity index (χ4n) is 15.3. The molecule has 78 heavy (non-hydrogen) atoms. The molecule has 4 aliphatic carbocycles. The van der Waals surface area contributed by atoms with Crippen LogP contribution in [-0.4, -0.2) is 251 Å². The zero-order valence-electron chi connectivity index (χ0n) is 45.1. The second kappa shape index (κ2) is 23.7. The first-order valence-electron chi connectivity index (χ1n) is 27.9. The number of esters is 1. The standard InChI is InChI=1S/C53H86O25/c1-20(18-70-47-42(65)40(63)36(59)30(16-54)72-47)9-12-53(68)21(2)34-29(78-53)15-28-26-8-7-24-13-25(57)14-33(52(24,6)27(26)10-11-51(28,34)5)75-50-46(77-48-43(66)39(62)35(58)22(3)71-48)45(38(61)32(74-50)19-69-23(4)56)76-49-44(67)41(64)37(60)31(17-55)73-49/h7,20-22,25-50,54-55,57-68H,8-19H2,1-6H3. The largest absolute Gasteiger partial charge is 0.463 e. The molecule has 0 radical (unpaired) electrons. The number of aliphatic hydroxyl groups excluding tert-OH is 13. The number of fused-ring (bicyclic) bond motifs is 7. The molecule has 32 atom stereocenters. The normalized spacial score (nSPS) is 53.6. The van der Waals surface area contributed by atoms with Crippen LogP contribution in [0.2, 0.25) is 0 Å². The molecule has 25 heteroatoms. The Bertz CT molecular complexity index is 2070. The maximum absolute atomic E-state index is 12.3. The molecule has 3 saturated carbocycles. The molecule has 0 aromatic heterocycles. The lowest BCUT2D eigenvalue weighted by Gasteiger charge is -2.60. The molecule has 5 aliphatic heterocycles. The fourth-order valence-corrected chi connectivity index (χ4v) is 15.3. The molecular weight excluding hydrogens is 1040 g/mol. The molecule has 0 bridgehead atoms. The summed E-state index contributed by atoms with van der Waals surface area (Å²) in [4.78, 5) is 12.2. The third-order valence-corrected chi connectivity index (χ3v) is 19.8. The zero-order valence-corrected chi connectivity index (χ0v) is 45.1. The molecule has 8 fully saturated rings. The fraction of sp³-hybridized carbons (Fsp3) is 0.943. The van der Waals surface area contributed by atoms with Crippen molar-refractivity contribution in [1.82, 2.24) is 0 Å². The van der Waals surface area contributed by atoms with Crippen molar-refractivity contribution in [2.75, 3.05) is 26.4 Å². The molecule has 5 saturated heterocycles. The first kappa shape index (κ1) is 60.9. The highest BCUT2D eigenvalue weighted by molar-refractivity contribution is 5.65. The van der Waals surface area contributed by atoms with E-state index in [9.17, 15) is 76.3 Å². The summed E-state index contributed by atoms with van der Waals surface area (Å²) in [7, 11) is 0. The topological polar surface area (TPSA) is 393 Å². The Morgan fingerprint density at radius 3 is 1.94 bits per heavy atom. The van der Waals surface area contributed by atoms with E-state index in [2.05, 4.69) is 19.9 Å². The summed E-state index contributed by atoms with van der Waals surface area (Å²) >= 11 is 0. The van der Waals surface area contributed by atoms with Gasteiger partial charge in [0.15, 0.2) is 30.9 Å². The number of carbonyl (C=O) groups excluding carboxylic acids is 1. The molecule has 5 heterocycles. The van der Waals surface area contributed by atoms with E-state index in [1.807, 2.05) is 13.8 Å². The van der Waals surface area contributed by atoms with Crippen LogP contribution in [0.3, 0.4) is 0 Å². The highest BCUT2D eigenvalue weighted by Gasteiger charge is 2.69. The van der Waals surface area contributed by atoms with Crippen LogP contribution >= 0.6 is 0 Å². The van der Waals surface area contributed by atoms with Crippen molar-refractivity contribution in [1.29, 1.82) is 0 Å². The van der Waals surface area contributed by atoms with Gasteiger partial charge in [0.1, 0.15) is 98.2 Å². The van der Waals surface area contributed by atoms with Gasteiger partial charge in [-0.2, -0.15) is 0 Å². The molecule has 9 rings (SSSR count). The number of hydrogen-bond donors (Lipinski definition) is 14. The molecule has 0 amide bonds. The predicted octanol–water partition coefficient (Wildman–Crippen LogP) is -3.47. The Kier molecular flexibility index (Phi) is 18.5. The minimum Gasteiger partial charge on any atom is -0.463 e. The van der Waals surface area contributed by atoms with Crippen LogP contribution in [0.5, 0.6) is 0 Å². The van der Waals surface area contributed by atoms with Crippen LogP contribution in [0.25, 0.3) is 0 Å². The molecule has 448 valence electrons. The van der Waals surface area contributed by atoms with Crippen molar-refractivity contribution in [2.24, 2.45) is 46.3 Å². The van der Waals surface area contributed by atoms with Crippen LogP contribution in [0, 0.1) is 46.3 Å². The van der Waals surface area contributed by atoms with Crippen molar-refractivity contribution < 1.29 is 124 Å². The van der Waals surface area contributed by atoms with Gasteiger partial charge in [0.2, 0.25) is 0 Å². The quantitative estimate of drug-likeness (QED) is 0.0527. The van der Waals surface area contributed by atoms with Gasteiger partial charge >= 0.3 is 5.97 Å². The molecule has 14 N–H and O–H groups in total. The summed E-state index contributed by atoms with van der Waals surface area (Å²) < 4.78 is 61.2. The Hall–Kier alpha value is -1.71. The van der Waals surface area contributed by atoms with Crippen molar-refractivity contribution in [3.63, 3.8) is 0 Å². The summed E-state index contributed by atoms with van der Waals surface area (Å²) in [5.74, 6) is -2.37. The van der Waals surface area contributed by atoms with Gasteiger partial charge in [0, 0.05) is 31.1 Å². The second-order valence-corrected chi connectivity index (χ2v) is 24.5. The molecule has 0 aromatic rings. The van der Waals surface area contributed by atoms with Gasteiger partial charge in [0.05, 0.1) is 44.2 Å². The van der Waals surface area contributed by atoms with Gasteiger partial charge in [-0.05, 0) is 80.5 Å². The molecule has 32 unspecified atom stereocenters. The summed E-state index contributed by atoms with van der Waals surface area (Å²) in [6, 6.07) is 0.